The molecule has 0 amide bonds. The number of hydrogen-bond acceptors (Lipinski definition) is 3. The van der Waals surface area contributed by atoms with E-state index in [0.717, 1.165) is 11.7 Å². The molecule has 1 aromatic carbocycles. The minimum atomic E-state index is 0.763. The monoisotopic (exact) mass is 231 g/mol. The Hall–Kier alpha value is -1.22. The molecule has 0 aliphatic carbocycles. The molecule has 2 heterocycles. The zero-order valence-electron chi connectivity index (χ0n) is 10.3. The quantitative estimate of drug-likeness (QED) is 0.790. The van der Waals surface area contributed by atoms with Crippen LogP contribution in [0.15, 0.2) is 24.3 Å². The molecule has 0 radical (unpaired) electrons. The maximum Gasteiger partial charge on any atom is 0.0387 e. The highest BCUT2D eigenvalue weighted by Crippen LogP contribution is 2.26. The van der Waals surface area contributed by atoms with E-state index in [1.54, 1.807) is 0 Å². The molecule has 17 heavy (non-hydrogen) atoms. The number of rotatable bonds is 2. The highest BCUT2D eigenvalue weighted by molar-refractivity contribution is 5.56. The second-order valence-corrected chi connectivity index (χ2v) is 5.23. The van der Waals surface area contributed by atoms with Gasteiger partial charge in [-0.15, -0.1) is 0 Å². The van der Waals surface area contributed by atoms with E-state index in [1.165, 1.54) is 51.1 Å². The lowest BCUT2D eigenvalue weighted by molar-refractivity contribution is 0.260. The summed E-state index contributed by atoms with van der Waals surface area (Å²) in [6.07, 6.45) is 4.07. The van der Waals surface area contributed by atoms with Crippen LogP contribution in [0.1, 0.15) is 19.3 Å². The molecule has 1 unspecified atom stereocenters. The third-order valence-electron chi connectivity index (χ3n) is 4.06. The largest absolute Gasteiger partial charge is 0.399 e. The first-order chi connectivity index (χ1) is 8.33. The molecule has 3 rings (SSSR count). The summed E-state index contributed by atoms with van der Waals surface area (Å²) in [4.78, 5) is 5.13. The summed E-state index contributed by atoms with van der Waals surface area (Å²) in [5, 5.41) is 0. The van der Waals surface area contributed by atoms with E-state index in [1.807, 2.05) is 12.1 Å². The number of nitrogens with zero attached hydrogens (tertiary/aromatic N) is 2. The summed E-state index contributed by atoms with van der Waals surface area (Å²) >= 11 is 0. The molecule has 1 aromatic rings. The minimum absolute atomic E-state index is 0.763. The van der Waals surface area contributed by atoms with Crippen LogP contribution in [0, 0.1) is 0 Å². The molecule has 3 nitrogen and oxygen atoms in total. The summed E-state index contributed by atoms with van der Waals surface area (Å²) in [5.74, 6) is 0. The Balaban J connectivity index is 1.67. The lowest BCUT2D eigenvalue weighted by Crippen LogP contribution is -2.35. The van der Waals surface area contributed by atoms with Crippen molar-refractivity contribution in [1.29, 1.82) is 0 Å². The fourth-order valence-electron chi connectivity index (χ4n) is 3.10. The summed E-state index contributed by atoms with van der Waals surface area (Å²) in [5.41, 5.74) is 8.00. The molecule has 0 spiro atoms. The number of nitrogen functional groups attached to an aromatic ring is 1. The molecule has 2 saturated heterocycles. The summed E-state index contributed by atoms with van der Waals surface area (Å²) in [7, 11) is 0. The van der Waals surface area contributed by atoms with Gasteiger partial charge in [0.25, 0.3) is 0 Å². The highest BCUT2D eigenvalue weighted by atomic mass is 15.3. The Morgan fingerprint density at radius 1 is 1.12 bits per heavy atom. The summed E-state index contributed by atoms with van der Waals surface area (Å²) in [6.45, 7) is 4.94. The summed E-state index contributed by atoms with van der Waals surface area (Å²) in [6, 6.07) is 9.03. The SMILES string of the molecule is Nc1cccc(N2CCC(N3CCCC3)C2)c1. The lowest BCUT2D eigenvalue weighted by Gasteiger charge is -2.24. The van der Waals surface area contributed by atoms with Gasteiger partial charge in [-0.05, 0) is 50.6 Å². The molecule has 92 valence electrons. The average Bonchev–Trinajstić information content (AvgIpc) is 3.00. The van der Waals surface area contributed by atoms with Gasteiger partial charge >= 0.3 is 0 Å². The van der Waals surface area contributed by atoms with E-state index in [-0.39, 0.29) is 0 Å². The molecular formula is C14H21N3. The Morgan fingerprint density at radius 3 is 2.71 bits per heavy atom. The van der Waals surface area contributed by atoms with E-state index < -0.39 is 0 Å². The smallest absolute Gasteiger partial charge is 0.0387 e. The second-order valence-electron chi connectivity index (χ2n) is 5.23. The van der Waals surface area contributed by atoms with E-state index in [0.29, 0.717) is 0 Å². The fraction of sp³-hybridized carbons (Fsp3) is 0.571. The van der Waals surface area contributed by atoms with Crippen LogP contribution in [0.4, 0.5) is 11.4 Å². The van der Waals surface area contributed by atoms with Crippen molar-refractivity contribution in [3.8, 4) is 0 Å². The van der Waals surface area contributed by atoms with Crippen LogP contribution >= 0.6 is 0 Å². The van der Waals surface area contributed by atoms with Crippen molar-refractivity contribution in [2.24, 2.45) is 0 Å². The van der Waals surface area contributed by atoms with Crippen molar-refractivity contribution < 1.29 is 0 Å². The third-order valence-corrected chi connectivity index (χ3v) is 4.06. The second kappa shape index (κ2) is 4.57. The highest BCUT2D eigenvalue weighted by Gasteiger charge is 2.29. The number of benzene rings is 1. The van der Waals surface area contributed by atoms with E-state index in [9.17, 15) is 0 Å². The molecule has 0 bridgehead atoms. The van der Waals surface area contributed by atoms with Gasteiger partial charge in [0, 0.05) is 30.5 Å². The van der Waals surface area contributed by atoms with Gasteiger partial charge in [-0.25, -0.2) is 0 Å². The van der Waals surface area contributed by atoms with Crippen molar-refractivity contribution in [3.63, 3.8) is 0 Å². The number of nitrogens with two attached hydrogens (primary N) is 1. The van der Waals surface area contributed by atoms with Gasteiger partial charge in [0.05, 0.1) is 0 Å². The molecule has 2 fully saturated rings. The van der Waals surface area contributed by atoms with Crippen LogP contribution in [-0.4, -0.2) is 37.1 Å². The van der Waals surface area contributed by atoms with E-state index in [2.05, 4.69) is 21.9 Å². The first-order valence-electron chi connectivity index (χ1n) is 6.67. The molecule has 2 aliphatic heterocycles. The van der Waals surface area contributed by atoms with Gasteiger partial charge in [-0.1, -0.05) is 6.07 Å². The summed E-state index contributed by atoms with van der Waals surface area (Å²) < 4.78 is 0. The van der Waals surface area contributed by atoms with Gasteiger partial charge in [0.1, 0.15) is 0 Å². The predicted octanol–water partition coefficient (Wildman–Crippen LogP) is 1.94. The first kappa shape index (κ1) is 10.9. The number of likely N-dealkylation sites (tertiary alicyclic amines) is 1. The fourth-order valence-corrected chi connectivity index (χ4v) is 3.10. The molecule has 0 aromatic heterocycles. The topological polar surface area (TPSA) is 32.5 Å². The normalized spacial score (nSPS) is 25.6. The zero-order chi connectivity index (χ0) is 11.7. The van der Waals surface area contributed by atoms with Crippen LogP contribution in [0.2, 0.25) is 0 Å². The van der Waals surface area contributed by atoms with Crippen molar-refractivity contribution >= 4 is 11.4 Å². The van der Waals surface area contributed by atoms with Crippen LogP contribution in [0.3, 0.4) is 0 Å². The number of anilines is 2. The number of hydrogen-bond donors (Lipinski definition) is 1. The van der Waals surface area contributed by atoms with Crippen molar-refractivity contribution in [3.05, 3.63) is 24.3 Å². The van der Waals surface area contributed by atoms with Crippen LogP contribution in [0.25, 0.3) is 0 Å². The minimum Gasteiger partial charge on any atom is -0.399 e. The van der Waals surface area contributed by atoms with Crippen molar-refractivity contribution in [2.75, 3.05) is 36.8 Å². The molecule has 2 N–H and O–H groups in total. The van der Waals surface area contributed by atoms with E-state index in [4.69, 9.17) is 5.73 Å². The molecule has 0 saturated carbocycles. The Kier molecular flexibility index (Phi) is 2.93. The van der Waals surface area contributed by atoms with E-state index >= 15 is 0 Å². The predicted molar refractivity (Wildman–Crippen MR) is 72.3 cm³/mol. The van der Waals surface area contributed by atoms with Gasteiger partial charge in [0.15, 0.2) is 0 Å². The molecule has 3 heteroatoms. The molecular weight excluding hydrogens is 210 g/mol. The van der Waals surface area contributed by atoms with Crippen molar-refractivity contribution in [1.82, 2.24) is 4.90 Å². The van der Waals surface area contributed by atoms with Gasteiger partial charge < -0.3 is 10.6 Å². The Morgan fingerprint density at radius 2 is 1.94 bits per heavy atom. The maximum absolute atomic E-state index is 5.85. The Labute approximate surface area is 103 Å². The van der Waals surface area contributed by atoms with Crippen LogP contribution in [-0.2, 0) is 0 Å². The van der Waals surface area contributed by atoms with Crippen LogP contribution in [0.5, 0.6) is 0 Å². The van der Waals surface area contributed by atoms with Gasteiger partial charge in [-0.3, -0.25) is 4.90 Å². The third kappa shape index (κ3) is 2.25. The van der Waals surface area contributed by atoms with Gasteiger partial charge in [-0.2, -0.15) is 0 Å². The van der Waals surface area contributed by atoms with Gasteiger partial charge in [0.2, 0.25) is 0 Å². The Bertz CT molecular complexity index is 385. The standard InChI is InChI=1S/C14H21N3/c15-12-4-3-5-13(10-12)17-9-6-14(11-17)16-7-1-2-8-16/h3-5,10,14H,1-2,6-9,11,15H2. The maximum atomic E-state index is 5.85. The zero-order valence-corrected chi connectivity index (χ0v) is 10.3. The van der Waals surface area contributed by atoms with Crippen molar-refractivity contribution in [2.45, 2.75) is 25.3 Å². The average molecular weight is 231 g/mol. The molecule has 1 atom stereocenters. The van der Waals surface area contributed by atoms with Crippen LogP contribution < -0.4 is 10.6 Å². The lowest BCUT2D eigenvalue weighted by atomic mass is 10.2. The molecule has 2 aliphatic rings. The first-order valence-corrected chi connectivity index (χ1v) is 6.67.